The highest BCUT2D eigenvalue weighted by Crippen LogP contribution is 2.13. The van der Waals surface area contributed by atoms with Gasteiger partial charge in [-0.1, -0.05) is 54.7 Å². The van der Waals surface area contributed by atoms with Gasteiger partial charge in [0, 0.05) is 12.7 Å². The molecule has 0 fully saturated rings. The molecule has 5 heteroatoms. The minimum absolute atomic E-state index is 0.438. The van der Waals surface area contributed by atoms with Crippen LogP contribution in [0, 0.1) is 0 Å². The third-order valence-corrected chi connectivity index (χ3v) is 4.07. The maximum Gasteiger partial charge on any atom is 0.133 e. The topological polar surface area (TPSA) is 60.2 Å². The number of hydrogen-bond donors (Lipinski definition) is 2. The van der Waals surface area contributed by atoms with Crippen molar-refractivity contribution < 1.29 is 4.74 Å². The van der Waals surface area contributed by atoms with Gasteiger partial charge >= 0.3 is 0 Å². The lowest BCUT2D eigenvalue weighted by Crippen LogP contribution is -2.23. The van der Waals surface area contributed by atoms with Gasteiger partial charge in [-0.15, -0.1) is 0 Å². The summed E-state index contributed by atoms with van der Waals surface area (Å²) >= 11 is 5.38. The molecule has 1 heterocycles. The van der Waals surface area contributed by atoms with Gasteiger partial charge in [0.15, 0.2) is 0 Å². The van der Waals surface area contributed by atoms with Gasteiger partial charge in [0.05, 0.1) is 5.56 Å². The van der Waals surface area contributed by atoms with E-state index in [9.17, 15) is 0 Å². The first kappa shape index (κ1) is 16.9. The molecule has 0 atom stereocenters. The van der Waals surface area contributed by atoms with Crippen LogP contribution in [-0.2, 0) is 13.2 Å². The fraction of sp³-hybridized carbons (Fsp3) is 0.100. The lowest BCUT2D eigenvalue weighted by atomic mass is 10.1. The van der Waals surface area contributed by atoms with Crippen LogP contribution in [0.15, 0.2) is 72.9 Å². The van der Waals surface area contributed by atoms with E-state index in [4.69, 9.17) is 22.7 Å². The Kier molecular flexibility index (Phi) is 5.59. The minimum atomic E-state index is 0.438. The maximum atomic E-state index is 5.84. The van der Waals surface area contributed by atoms with Gasteiger partial charge in [0.25, 0.3) is 0 Å². The van der Waals surface area contributed by atoms with Crippen molar-refractivity contribution in [1.82, 2.24) is 10.3 Å². The number of rotatable bonds is 6. The highest BCUT2D eigenvalue weighted by Gasteiger charge is 2.05. The summed E-state index contributed by atoms with van der Waals surface area (Å²) in [5.41, 5.74) is 8.84. The fourth-order valence-corrected chi connectivity index (χ4v) is 2.57. The molecule has 0 bridgehead atoms. The number of hydrogen-bond acceptors (Lipinski definition) is 4. The van der Waals surface area contributed by atoms with E-state index in [1.54, 1.807) is 6.20 Å². The van der Waals surface area contributed by atoms with Gasteiger partial charge in [-0.3, -0.25) is 0 Å². The normalized spacial score (nSPS) is 10.2. The summed E-state index contributed by atoms with van der Waals surface area (Å²) in [5.74, 6) is 1.31. The van der Waals surface area contributed by atoms with Crippen LogP contribution < -0.4 is 15.8 Å². The molecule has 0 aliphatic heterocycles. The van der Waals surface area contributed by atoms with Crippen LogP contribution >= 0.6 is 12.2 Å². The van der Waals surface area contributed by atoms with Gasteiger partial charge in [-0.2, -0.15) is 0 Å². The average molecular weight is 349 g/mol. The Bertz CT molecular complexity index is 835. The Morgan fingerprint density at radius 2 is 1.68 bits per heavy atom. The summed E-state index contributed by atoms with van der Waals surface area (Å²) in [6.45, 7) is 1.18. The van der Waals surface area contributed by atoms with Gasteiger partial charge in [0.2, 0.25) is 0 Å². The molecule has 126 valence electrons. The first-order valence-corrected chi connectivity index (χ1v) is 8.37. The molecule has 0 amide bonds. The molecular formula is C20H19N3OS. The van der Waals surface area contributed by atoms with Gasteiger partial charge < -0.3 is 15.8 Å². The van der Waals surface area contributed by atoms with E-state index in [0.29, 0.717) is 24.0 Å². The number of nitrogens with zero attached hydrogens (tertiary/aromatic N) is 1. The summed E-state index contributed by atoms with van der Waals surface area (Å²) < 4.78 is 5.74. The molecule has 0 unspecified atom stereocenters. The highest BCUT2D eigenvalue weighted by atomic mass is 32.1. The molecule has 25 heavy (non-hydrogen) atoms. The molecule has 0 aliphatic carbocycles. The Balaban J connectivity index is 1.52. The number of aromatic nitrogens is 1. The Morgan fingerprint density at radius 3 is 2.40 bits per heavy atom. The van der Waals surface area contributed by atoms with Crippen molar-refractivity contribution in [2.45, 2.75) is 13.2 Å². The number of thiocarbonyl (C=S) groups is 1. The van der Waals surface area contributed by atoms with E-state index in [1.807, 2.05) is 42.5 Å². The van der Waals surface area contributed by atoms with Gasteiger partial charge in [0.1, 0.15) is 23.2 Å². The number of benzene rings is 2. The van der Waals surface area contributed by atoms with Crippen molar-refractivity contribution in [2.24, 2.45) is 0 Å². The molecule has 3 aromatic rings. The summed E-state index contributed by atoms with van der Waals surface area (Å²) in [7, 11) is 0. The molecule has 0 radical (unpaired) electrons. The van der Waals surface area contributed by atoms with Crippen molar-refractivity contribution in [3.63, 3.8) is 0 Å². The largest absolute Gasteiger partial charge is 0.489 e. The highest BCUT2D eigenvalue weighted by molar-refractivity contribution is 7.80. The number of nitrogen functional groups attached to an aromatic ring is 1. The Labute approximate surface area is 152 Å². The van der Waals surface area contributed by atoms with Crippen molar-refractivity contribution in [3.8, 4) is 5.75 Å². The second-order valence-electron chi connectivity index (χ2n) is 5.54. The molecule has 0 saturated heterocycles. The van der Waals surface area contributed by atoms with Gasteiger partial charge in [-0.25, -0.2) is 4.98 Å². The second-order valence-corrected chi connectivity index (χ2v) is 5.95. The molecule has 0 spiro atoms. The van der Waals surface area contributed by atoms with Crippen LogP contribution in [-0.4, -0.2) is 9.97 Å². The molecule has 0 aliphatic rings. The van der Waals surface area contributed by atoms with E-state index < -0.39 is 0 Å². The zero-order chi connectivity index (χ0) is 17.5. The van der Waals surface area contributed by atoms with Crippen molar-refractivity contribution in [2.75, 3.05) is 5.73 Å². The molecule has 4 nitrogen and oxygen atoms in total. The molecule has 2 aromatic carbocycles. The van der Waals surface area contributed by atoms with Crippen LogP contribution in [0.5, 0.6) is 5.75 Å². The summed E-state index contributed by atoms with van der Waals surface area (Å²) in [6, 6.07) is 21.7. The van der Waals surface area contributed by atoms with Crippen LogP contribution in [0.3, 0.4) is 0 Å². The SMILES string of the molecule is Nc1ncccc1C(=S)NCc1ccc(COc2ccccc2)cc1. The third-order valence-electron chi connectivity index (χ3n) is 3.71. The predicted octanol–water partition coefficient (Wildman–Crippen LogP) is 3.71. The quantitative estimate of drug-likeness (QED) is 0.665. The number of anilines is 1. The summed E-state index contributed by atoms with van der Waals surface area (Å²) in [5, 5.41) is 3.21. The Morgan fingerprint density at radius 1 is 0.960 bits per heavy atom. The lowest BCUT2D eigenvalue weighted by molar-refractivity contribution is 0.306. The number of para-hydroxylation sites is 1. The number of ether oxygens (including phenoxy) is 1. The van der Waals surface area contributed by atoms with E-state index in [1.165, 1.54) is 0 Å². The first-order valence-electron chi connectivity index (χ1n) is 7.97. The Hall–Kier alpha value is -2.92. The number of pyridine rings is 1. The smallest absolute Gasteiger partial charge is 0.133 e. The van der Waals surface area contributed by atoms with E-state index in [0.717, 1.165) is 22.4 Å². The van der Waals surface area contributed by atoms with Crippen molar-refractivity contribution >= 4 is 23.0 Å². The number of nitrogens with one attached hydrogen (secondary N) is 1. The van der Waals surface area contributed by atoms with Crippen LogP contribution in [0.4, 0.5) is 5.82 Å². The van der Waals surface area contributed by atoms with Gasteiger partial charge in [-0.05, 0) is 35.4 Å². The number of nitrogens with two attached hydrogens (primary N) is 1. The predicted molar refractivity (Wildman–Crippen MR) is 104 cm³/mol. The average Bonchev–Trinajstić information content (AvgIpc) is 2.66. The fourth-order valence-electron chi connectivity index (χ4n) is 2.32. The van der Waals surface area contributed by atoms with E-state index >= 15 is 0 Å². The molecule has 1 aromatic heterocycles. The summed E-state index contributed by atoms with van der Waals surface area (Å²) in [6.07, 6.45) is 1.65. The van der Waals surface area contributed by atoms with Crippen LogP contribution in [0.2, 0.25) is 0 Å². The first-order chi connectivity index (χ1) is 12.2. The zero-order valence-corrected chi connectivity index (χ0v) is 14.5. The molecule has 3 N–H and O–H groups in total. The minimum Gasteiger partial charge on any atom is -0.489 e. The molecular weight excluding hydrogens is 330 g/mol. The van der Waals surface area contributed by atoms with E-state index in [2.05, 4.69) is 34.6 Å². The van der Waals surface area contributed by atoms with E-state index in [-0.39, 0.29) is 0 Å². The third kappa shape index (κ3) is 4.78. The second kappa shape index (κ2) is 8.26. The molecule has 0 saturated carbocycles. The monoisotopic (exact) mass is 349 g/mol. The van der Waals surface area contributed by atoms with Crippen LogP contribution in [0.1, 0.15) is 16.7 Å². The molecule has 3 rings (SSSR count). The van der Waals surface area contributed by atoms with Crippen LogP contribution in [0.25, 0.3) is 0 Å². The standard InChI is InChI=1S/C20H19N3OS/c21-19-18(7-4-12-22-19)20(25)23-13-15-8-10-16(11-9-15)14-24-17-5-2-1-3-6-17/h1-12H,13-14H2,(H2,21,22)(H,23,25). The van der Waals surface area contributed by atoms with Crippen molar-refractivity contribution in [3.05, 3.63) is 89.6 Å². The van der Waals surface area contributed by atoms with Crippen molar-refractivity contribution in [1.29, 1.82) is 0 Å². The zero-order valence-electron chi connectivity index (χ0n) is 13.7. The lowest BCUT2D eigenvalue weighted by Gasteiger charge is -2.10. The summed E-state index contributed by atoms with van der Waals surface area (Å²) in [4.78, 5) is 4.65. The maximum absolute atomic E-state index is 5.84.